The first kappa shape index (κ1) is 17.3. The number of methoxy groups -OCH3 is 1. The molecule has 0 aromatic heterocycles. The second-order valence-corrected chi connectivity index (χ2v) is 7.78. The van der Waals surface area contributed by atoms with Crippen LogP contribution in [0.4, 0.5) is 5.69 Å². The third-order valence-corrected chi connectivity index (χ3v) is 5.13. The molecular formula is C18H14ClNO4S. The van der Waals surface area contributed by atoms with Crippen molar-refractivity contribution in [2.24, 2.45) is 0 Å². The maximum absolute atomic E-state index is 12.6. The molecule has 0 aliphatic carbocycles. The molecule has 0 aliphatic rings. The number of carbonyl (C=O) groups is 1. The van der Waals surface area contributed by atoms with Crippen LogP contribution in [0.15, 0.2) is 65.6 Å². The van der Waals surface area contributed by atoms with Crippen molar-refractivity contribution in [2.45, 2.75) is 4.90 Å². The van der Waals surface area contributed by atoms with Crippen LogP contribution in [-0.4, -0.2) is 21.4 Å². The Hall–Kier alpha value is -2.57. The summed E-state index contributed by atoms with van der Waals surface area (Å²) in [5.41, 5.74) is 0.860. The Balaban J connectivity index is 2.07. The van der Waals surface area contributed by atoms with E-state index in [9.17, 15) is 13.2 Å². The first-order chi connectivity index (χ1) is 11.9. The Morgan fingerprint density at radius 1 is 0.960 bits per heavy atom. The molecule has 0 spiro atoms. The Morgan fingerprint density at radius 2 is 1.60 bits per heavy atom. The molecule has 5 nitrogen and oxygen atoms in total. The van der Waals surface area contributed by atoms with Crippen LogP contribution in [-0.2, 0) is 9.05 Å². The van der Waals surface area contributed by atoms with Crippen LogP contribution in [0, 0.1) is 0 Å². The van der Waals surface area contributed by atoms with E-state index in [1.54, 1.807) is 48.5 Å². The molecule has 1 N–H and O–H groups in total. The zero-order chi connectivity index (χ0) is 18.0. The molecule has 3 aromatic carbocycles. The molecular weight excluding hydrogens is 362 g/mol. The van der Waals surface area contributed by atoms with Gasteiger partial charge in [-0.05, 0) is 24.3 Å². The number of benzene rings is 3. The van der Waals surface area contributed by atoms with E-state index < -0.39 is 9.05 Å². The Morgan fingerprint density at radius 3 is 2.28 bits per heavy atom. The molecule has 0 bridgehead atoms. The molecule has 0 radical (unpaired) electrons. The van der Waals surface area contributed by atoms with Crippen molar-refractivity contribution in [3.63, 3.8) is 0 Å². The molecule has 0 heterocycles. The molecule has 1 amide bonds. The molecule has 7 heteroatoms. The summed E-state index contributed by atoms with van der Waals surface area (Å²) >= 11 is 0. The van der Waals surface area contributed by atoms with E-state index >= 15 is 0 Å². The van der Waals surface area contributed by atoms with Crippen molar-refractivity contribution in [1.29, 1.82) is 0 Å². The van der Waals surface area contributed by atoms with Crippen LogP contribution in [0.2, 0.25) is 0 Å². The number of halogens is 1. The Bertz CT molecular complexity index is 1060. The molecule has 128 valence electrons. The van der Waals surface area contributed by atoms with Crippen LogP contribution in [0.25, 0.3) is 10.8 Å². The smallest absolute Gasteiger partial charge is 0.261 e. The van der Waals surface area contributed by atoms with Gasteiger partial charge in [-0.1, -0.05) is 36.4 Å². The molecule has 0 unspecified atom stereocenters. The van der Waals surface area contributed by atoms with Gasteiger partial charge in [0.1, 0.15) is 5.75 Å². The summed E-state index contributed by atoms with van der Waals surface area (Å²) in [4.78, 5) is 12.6. The summed E-state index contributed by atoms with van der Waals surface area (Å²) < 4.78 is 28.7. The van der Waals surface area contributed by atoms with Crippen LogP contribution in [0.3, 0.4) is 0 Å². The Kier molecular flexibility index (Phi) is 4.65. The van der Waals surface area contributed by atoms with Crippen molar-refractivity contribution in [1.82, 2.24) is 0 Å². The van der Waals surface area contributed by atoms with Crippen molar-refractivity contribution in [3.8, 4) is 5.75 Å². The van der Waals surface area contributed by atoms with Crippen LogP contribution in [0.5, 0.6) is 5.75 Å². The highest BCUT2D eigenvalue weighted by atomic mass is 35.7. The molecule has 3 aromatic rings. The molecule has 0 atom stereocenters. The molecule has 3 rings (SSSR count). The largest absolute Gasteiger partial charge is 0.496 e. The van der Waals surface area contributed by atoms with Crippen LogP contribution >= 0.6 is 10.7 Å². The fourth-order valence-electron chi connectivity index (χ4n) is 2.61. The number of anilines is 1. The van der Waals surface area contributed by atoms with Crippen molar-refractivity contribution >= 4 is 42.1 Å². The highest BCUT2D eigenvalue weighted by Crippen LogP contribution is 2.31. The predicted molar refractivity (Wildman–Crippen MR) is 97.9 cm³/mol. The second-order valence-electron chi connectivity index (χ2n) is 5.25. The summed E-state index contributed by atoms with van der Waals surface area (Å²) in [6.07, 6.45) is 0. The number of ether oxygens (including phenoxy) is 1. The van der Waals surface area contributed by atoms with Crippen molar-refractivity contribution < 1.29 is 17.9 Å². The number of para-hydroxylation sites is 1. The van der Waals surface area contributed by atoms with E-state index in [1.807, 2.05) is 0 Å². The summed E-state index contributed by atoms with van der Waals surface area (Å²) in [7, 11) is 3.09. The van der Waals surface area contributed by atoms with E-state index in [0.717, 1.165) is 0 Å². The summed E-state index contributed by atoms with van der Waals surface area (Å²) in [6, 6.07) is 16.6. The first-order valence-corrected chi connectivity index (χ1v) is 9.63. The van der Waals surface area contributed by atoms with Crippen molar-refractivity contribution in [3.05, 3.63) is 66.2 Å². The van der Waals surface area contributed by atoms with Gasteiger partial charge in [0.2, 0.25) is 0 Å². The number of rotatable bonds is 4. The quantitative estimate of drug-likeness (QED) is 0.699. The van der Waals surface area contributed by atoms with E-state index in [4.69, 9.17) is 15.4 Å². The number of nitrogens with one attached hydrogen (secondary N) is 1. The zero-order valence-corrected chi connectivity index (χ0v) is 14.8. The third-order valence-electron chi connectivity index (χ3n) is 3.75. The number of fused-ring (bicyclic) bond motifs is 1. The molecule has 0 saturated heterocycles. The minimum atomic E-state index is -3.90. The average molecular weight is 376 g/mol. The highest BCUT2D eigenvalue weighted by molar-refractivity contribution is 8.14. The minimum Gasteiger partial charge on any atom is -0.496 e. The monoisotopic (exact) mass is 375 g/mol. The Labute approximate surface area is 149 Å². The van der Waals surface area contributed by atoms with Gasteiger partial charge in [0.05, 0.1) is 17.6 Å². The van der Waals surface area contributed by atoms with Gasteiger partial charge in [0.25, 0.3) is 15.0 Å². The van der Waals surface area contributed by atoms with Gasteiger partial charge in [-0.3, -0.25) is 4.79 Å². The highest BCUT2D eigenvalue weighted by Gasteiger charge is 2.18. The van der Waals surface area contributed by atoms with E-state index in [-0.39, 0.29) is 10.8 Å². The lowest BCUT2D eigenvalue weighted by Gasteiger charge is -2.12. The van der Waals surface area contributed by atoms with Crippen LogP contribution < -0.4 is 10.1 Å². The zero-order valence-electron chi connectivity index (χ0n) is 13.2. The lowest BCUT2D eigenvalue weighted by Crippen LogP contribution is -2.13. The summed E-state index contributed by atoms with van der Waals surface area (Å²) in [5.74, 6) is 0.0911. The number of hydrogen-bond donors (Lipinski definition) is 1. The SMILES string of the molecule is COc1ccccc1C(=O)Nc1ccc(S(=O)(=O)Cl)c2ccccc12. The van der Waals surface area contributed by atoms with Gasteiger partial charge in [0, 0.05) is 27.1 Å². The molecule has 0 fully saturated rings. The number of hydrogen-bond acceptors (Lipinski definition) is 4. The molecule has 25 heavy (non-hydrogen) atoms. The predicted octanol–water partition coefficient (Wildman–Crippen LogP) is 4.03. The number of amides is 1. The van der Waals surface area contributed by atoms with E-state index in [1.165, 1.54) is 19.2 Å². The summed E-state index contributed by atoms with van der Waals surface area (Å²) in [5, 5.41) is 3.81. The van der Waals surface area contributed by atoms with E-state index in [2.05, 4.69) is 5.32 Å². The van der Waals surface area contributed by atoms with Gasteiger partial charge >= 0.3 is 0 Å². The fraction of sp³-hybridized carbons (Fsp3) is 0.0556. The maximum Gasteiger partial charge on any atom is 0.261 e. The van der Waals surface area contributed by atoms with Gasteiger partial charge in [0.15, 0.2) is 0 Å². The summed E-state index contributed by atoms with van der Waals surface area (Å²) in [6.45, 7) is 0. The second kappa shape index (κ2) is 6.74. The van der Waals surface area contributed by atoms with E-state index in [0.29, 0.717) is 27.8 Å². The van der Waals surface area contributed by atoms with Crippen LogP contribution in [0.1, 0.15) is 10.4 Å². The van der Waals surface area contributed by atoms with Gasteiger partial charge in [-0.15, -0.1) is 0 Å². The van der Waals surface area contributed by atoms with Crippen molar-refractivity contribution in [2.75, 3.05) is 12.4 Å². The van der Waals surface area contributed by atoms with Gasteiger partial charge in [-0.25, -0.2) is 8.42 Å². The van der Waals surface area contributed by atoms with Gasteiger partial charge in [-0.2, -0.15) is 0 Å². The molecule has 0 saturated carbocycles. The minimum absolute atomic E-state index is 0.0000531. The number of carbonyl (C=O) groups excluding carboxylic acids is 1. The average Bonchev–Trinajstić information content (AvgIpc) is 2.60. The topological polar surface area (TPSA) is 72.5 Å². The lowest BCUT2D eigenvalue weighted by molar-refractivity contribution is 0.102. The molecule has 0 aliphatic heterocycles. The lowest BCUT2D eigenvalue weighted by atomic mass is 10.1. The van der Waals surface area contributed by atoms with Gasteiger partial charge < -0.3 is 10.1 Å². The fourth-order valence-corrected chi connectivity index (χ4v) is 3.69. The normalized spacial score (nSPS) is 11.3. The first-order valence-electron chi connectivity index (χ1n) is 7.32. The standard InChI is InChI=1S/C18H14ClNO4S/c1-24-16-9-5-4-8-14(16)18(21)20-15-10-11-17(25(19,22)23)13-7-3-2-6-12(13)15/h2-11H,1H3,(H,20,21). The maximum atomic E-state index is 12.6. The third kappa shape index (κ3) is 3.45.